The van der Waals surface area contributed by atoms with Crippen LogP contribution in [-0.2, 0) is 9.53 Å². The number of ether oxygens (including phenoxy) is 1. The number of allylic oxidation sites excluding steroid dienone is 2. The van der Waals surface area contributed by atoms with Crippen LogP contribution in [0.1, 0.15) is 40.5 Å². The van der Waals surface area contributed by atoms with E-state index >= 15 is 0 Å². The van der Waals surface area contributed by atoms with Crippen LogP contribution in [0.4, 0.5) is 4.79 Å². The number of carboxylic acids is 1. The van der Waals surface area contributed by atoms with Crippen LogP contribution in [0.2, 0.25) is 0 Å². The highest BCUT2D eigenvalue weighted by molar-refractivity contribution is 5.73. The van der Waals surface area contributed by atoms with Gasteiger partial charge in [0.1, 0.15) is 5.60 Å². The minimum Gasteiger partial charge on any atom is -0.481 e. The van der Waals surface area contributed by atoms with Crippen molar-refractivity contribution in [3.05, 3.63) is 23.8 Å². The summed E-state index contributed by atoms with van der Waals surface area (Å²) in [6, 6.07) is -0.568. The highest BCUT2D eigenvalue weighted by atomic mass is 16.6. The smallest absolute Gasteiger partial charge is 0.408 e. The molecule has 0 aromatic rings. The third-order valence-electron chi connectivity index (χ3n) is 2.77. The lowest BCUT2D eigenvalue weighted by Crippen LogP contribution is -2.41. The predicted octanol–water partition coefficient (Wildman–Crippen LogP) is 2.88. The minimum atomic E-state index is -0.960. The van der Waals surface area contributed by atoms with Crippen molar-refractivity contribution in [1.82, 2.24) is 5.32 Å². The summed E-state index contributed by atoms with van der Waals surface area (Å²) in [7, 11) is 0. The van der Waals surface area contributed by atoms with Gasteiger partial charge in [0.05, 0.1) is 12.5 Å². The maximum Gasteiger partial charge on any atom is 0.408 e. The molecule has 0 aromatic carbocycles. The highest BCUT2D eigenvalue weighted by Crippen LogP contribution is 2.20. The topological polar surface area (TPSA) is 75.6 Å². The summed E-state index contributed by atoms with van der Waals surface area (Å²) in [4.78, 5) is 22.8. The average Bonchev–Trinajstić information content (AvgIpc) is 2.24. The third-order valence-corrected chi connectivity index (χ3v) is 2.77. The molecule has 0 spiro atoms. The second-order valence-corrected chi connectivity index (χ2v) is 6.08. The summed E-state index contributed by atoms with van der Waals surface area (Å²) in [5.41, 5.74) is 0.207. The molecule has 2 unspecified atom stereocenters. The van der Waals surface area contributed by atoms with Gasteiger partial charge in [-0.05, 0) is 38.7 Å². The Morgan fingerprint density at radius 1 is 1.50 bits per heavy atom. The molecule has 0 fully saturated rings. The van der Waals surface area contributed by atoms with E-state index in [9.17, 15) is 9.59 Å². The summed E-state index contributed by atoms with van der Waals surface area (Å²) in [5, 5.41) is 11.6. The van der Waals surface area contributed by atoms with Crippen molar-refractivity contribution in [1.29, 1.82) is 0 Å². The van der Waals surface area contributed by atoms with E-state index in [1.54, 1.807) is 20.8 Å². The molecule has 1 aliphatic rings. The molecule has 0 heterocycles. The number of amides is 1. The number of hydrogen-bond acceptors (Lipinski definition) is 3. The molecule has 1 aliphatic carbocycles. The lowest BCUT2D eigenvalue weighted by atomic mass is 9.92. The Bertz CT molecular complexity index is 432. The summed E-state index contributed by atoms with van der Waals surface area (Å²) in [6.45, 7) is 7.34. The maximum atomic E-state index is 11.8. The van der Waals surface area contributed by atoms with Gasteiger partial charge < -0.3 is 15.2 Å². The molecular formula is C15H23NO4. The minimum absolute atomic E-state index is 0.165. The zero-order valence-corrected chi connectivity index (χ0v) is 12.5. The van der Waals surface area contributed by atoms with E-state index in [4.69, 9.17) is 9.84 Å². The number of aliphatic carboxylic acids is 1. The second kappa shape index (κ2) is 6.59. The standard InChI is InChI=1S/C15H23NO4/c1-10-6-5-7-11(8-10)12(9-13(17)18)16-14(19)20-15(2,3)4/h5,7-8,10,12H,6,9H2,1-4H3,(H,16,19)(H,17,18). The van der Waals surface area contributed by atoms with Crippen LogP contribution in [0.3, 0.4) is 0 Å². The molecule has 1 amide bonds. The van der Waals surface area contributed by atoms with E-state index in [1.807, 2.05) is 18.2 Å². The van der Waals surface area contributed by atoms with Gasteiger partial charge in [0.25, 0.3) is 0 Å². The Morgan fingerprint density at radius 3 is 2.65 bits per heavy atom. The first-order valence-corrected chi connectivity index (χ1v) is 6.77. The van der Waals surface area contributed by atoms with Crippen molar-refractivity contribution < 1.29 is 19.4 Å². The fraction of sp³-hybridized carbons (Fsp3) is 0.600. The molecule has 0 aromatic heterocycles. The van der Waals surface area contributed by atoms with Crippen LogP contribution >= 0.6 is 0 Å². The van der Waals surface area contributed by atoms with Gasteiger partial charge in [-0.15, -0.1) is 0 Å². The van der Waals surface area contributed by atoms with Crippen LogP contribution in [0.5, 0.6) is 0 Å². The molecule has 5 heteroatoms. The first-order valence-electron chi connectivity index (χ1n) is 6.77. The number of carboxylic acid groups (broad SMARTS) is 1. The zero-order chi connectivity index (χ0) is 15.3. The number of nitrogens with one attached hydrogen (secondary N) is 1. The van der Waals surface area contributed by atoms with Gasteiger partial charge in [-0.1, -0.05) is 25.2 Å². The Balaban J connectivity index is 2.77. The molecule has 20 heavy (non-hydrogen) atoms. The lowest BCUT2D eigenvalue weighted by molar-refractivity contribution is -0.137. The highest BCUT2D eigenvalue weighted by Gasteiger charge is 2.24. The molecule has 0 bridgehead atoms. The van der Waals surface area contributed by atoms with Gasteiger partial charge >= 0.3 is 12.1 Å². The van der Waals surface area contributed by atoms with Crippen LogP contribution in [0, 0.1) is 5.92 Å². The predicted molar refractivity (Wildman–Crippen MR) is 76.4 cm³/mol. The lowest BCUT2D eigenvalue weighted by Gasteiger charge is -2.25. The summed E-state index contributed by atoms with van der Waals surface area (Å²) < 4.78 is 5.17. The largest absolute Gasteiger partial charge is 0.481 e. The second-order valence-electron chi connectivity index (χ2n) is 6.08. The Hall–Kier alpha value is -1.78. The van der Waals surface area contributed by atoms with Crippen molar-refractivity contribution in [2.75, 3.05) is 0 Å². The van der Waals surface area contributed by atoms with E-state index in [-0.39, 0.29) is 6.42 Å². The zero-order valence-electron chi connectivity index (χ0n) is 12.5. The SMILES string of the molecule is CC1C=C(C(CC(=O)O)NC(=O)OC(C)(C)C)C=CC1. The molecule has 2 atom stereocenters. The fourth-order valence-corrected chi connectivity index (χ4v) is 1.98. The van der Waals surface area contributed by atoms with Gasteiger partial charge in [0.15, 0.2) is 0 Å². The summed E-state index contributed by atoms with van der Waals surface area (Å²) in [5.74, 6) is -0.620. The molecule has 0 aliphatic heterocycles. The van der Waals surface area contributed by atoms with Gasteiger partial charge in [-0.2, -0.15) is 0 Å². The summed E-state index contributed by atoms with van der Waals surface area (Å²) >= 11 is 0. The fourth-order valence-electron chi connectivity index (χ4n) is 1.98. The maximum absolute atomic E-state index is 11.8. The number of rotatable bonds is 4. The van der Waals surface area contributed by atoms with Crippen LogP contribution < -0.4 is 5.32 Å². The number of hydrogen-bond donors (Lipinski definition) is 2. The average molecular weight is 281 g/mol. The van der Waals surface area contributed by atoms with Crippen molar-refractivity contribution in [3.8, 4) is 0 Å². The molecule has 0 saturated carbocycles. The monoisotopic (exact) mass is 281 g/mol. The van der Waals surface area contributed by atoms with Crippen molar-refractivity contribution >= 4 is 12.1 Å². The Kier molecular flexibility index (Phi) is 5.36. The molecule has 0 saturated heterocycles. The molecule has 0 radical (unpaired) electrons. The molecular weight excluding hydrogens is 258 g/mol. The van der Waals surface area contributed by atoms with Gasteiger partial charge in [0.2, 0.25) is 0 Å². The number of carbonyl (C=O) groups is 2. The first kappa shape index (κ1) is 16.3. The van der Waals surface area contributed by atoms with Gasteiger partial charge in [-0.25, -0.2) is 4.79 Å². The van der Waals surface area contributed by atoms with Crippen LogP contribution in [0.15, 0.2) is 23.8 Å². The van der Waals surface area contributed by atoms with Crippen LogP contribution in [0.25, 0.3) is 0 Å². The first-order chi connectivity index (χ1) is 9.17. The number of alkyl carbamates (subject to hydrolysis) is 1. The Labute approximate surface area is 119 Å². The Morgan fingerprint density at radius 2 is 2.15 bits per heavy atom. The van der Waals surface area contributed by atoms with E-state index in [0.717, 1.165) is 12.0 Å². The van der Waals surface area contributed by atoms with Crippen LogP contribution in [-0.4, -0.2) is 28.8 Å². The molecule has 5 nitrogen and oxygen atoms in total. The van der Waals surface area contributed by atoms with E-state index in [1.165, 1.54) is 0 Å². The quantitative estimate of drug-likeness (QED) is 0.830. The molecule has 1 rings (SSSR count). The third kappa shape index (κ3) is 5.91. The number of carbonyl (C=O) groups excluding carboxylic acids is 1. The van der Waals surface area contributed by atoms with E-state index < -0.39 is 23.7 Å². The van der Waals surface area contributed by atoms with E-state index in [2.05, 4.69) is 12.2 Å². The van der Waals surface area contributed by atoms with Crippen molar-refractivity contribution in [3.63, 3.8) is 0 Å². The molecule has 2 N–H and O–H groups in total. The van der Waals surface area contributed by atoms with Gasteiger partial charge in [0, 0.05) is 0 Å². The normalized spacial score (nSPS) is 20.0. The van der Waals surface area contributed by atoms with Gasteiger partial charge in [-0.3, -0.25) is 4.79 Å². The van der Waals surface area contributed by atoms with E-state index in [0.29, 0.717) is 5.92 Å². The summed E-state index contributed by atoms with van der Waals surface area (Å²) in [6.07, 6.45) is 6.01. The van der Waals surface area contributed by atoms with Crippen molar-refractivity contribution in [2.24, 2.45) is 5.92 Å². The molecule has 112 valence electrons. The van der Waals surface area contributed by atoms with Crippen molar-refractivity contribution in [2.45, 2.75) is 52.2 Å².